The molecule has 4 saturated carbocycles. The predicted octanol–water partition coefficient (Wildman–Crippen LogP) is 7.34. The molecular weight excluding hydrogens is 364 g/mol. The van der Waals surface area contributed by atoms with Crippen LogP contribution < -0.4 is 0 Å². The van der Waals surface area contributed by atoms with Crippen LogP contribution in [0.25, 0.3) is 6.08 Å². The highest BCUT2D eigenvalue weighted by molar-refractivity contribution is 6.32. The number of rotatable bonds is 1. The predicted molar refractivity (Wildman–Crippen MR) is 116 cm³/mol. The molecule has 150 valence electrons. The van der Waals surface area contributed by atoms with Gasteiger partial charge in [-0.05, 0) is 97.3 Å². The van der Waals surface area contributed by atoms with E-state index in [0.29, 0.717) is 17.1 Å². The largest absolute Gasteiger partial charge is 0.294 e. The number of hydrogen-bond acceptors (Lipinski definition) is 1. The van der Waals surface area contributed by atoms with E-state index < -0.39 is 0 Å². The van der Waals surface area contributed by atoms with E-state index in [1.54, 1.807) is 0 Å². The molecule has 0 radical (unpaired) electrons. The van der Waals surface area contributed by atoms with Crippen molar-refractivity contribution in [2.24, 2.45) is 34.5 Å². The van der Waals surface area contributed by atoms with Crippen molar-refractivity contribution in [3.05, 3.63) is 40.4 Å². The minimum absolute atomic E-state index is 0.147. The summed E-state index contributed by atoms with van der Waals surface area (Å²) in [6.07, 6.45) is 13.8. The Balaban J connectivity index is 1.48. The SMILES string of the molecule is C[C@]12CCCC[C@@H]1CC[C@H]1[C@H]2CC[C@@]2(C)C(=O)/C(=C/c3ccccc3Cl)C[C@H]12. The summed E-state index contributed by atoms with van der Waals surface area (Å²) < 4.78 is 0. The zero-order valence-corrected chi connectivity index (χ0v) is 18.1. The molecule has 28 heavy (non-hydrogen) atoms. The highest BCUT2D eigenvalue weighted by Gasteiger charge is 2.60. The van der Waals surface area contributed by atoms with Gasteiger partial charge in [0.15, 0.2) is 5.78 Å². The van der Waals surface area contributed by atoms with Crippen LogP contribution in [0.1, 0.15) is 77.2 Å². The minimum Gasteiger partial charge on any atom is -0.294 e. The maximum Gasteiger partial charge on any atom is 0.165 e. The van der Waals surface area contributed by atoms with Gasteiger partial charge in [0.25, 0.3) is 0 Å². The Kier molecular flexibility index (Phi) is 4.54. The van der Waals surface area contributed by atoms with E-state index in [9.17, 15) is 4.79 Å². The smallest absolute Gasteiger partial charge is 0.165 e. The highest BCUT2D eigenvalue weighted by atomic mass is 35.5. The molecule has 0 aromatic heterocycles. The van der Waals surface area contributed by atoms with Crippen molar-refractivity contribution in [2.45, 2.75) is 71.6 Å². The van der Waals surface area contributed by atoms with Gasteiger partial charge >= 0.3 is 0 Å². The lowest BCUT2D eigenvalue weighted by atomic mass is 9.45. The van der Waals surface area contributed by atoms with Crippen molar-refractivity contribution in [1.29, 1.82) is 0 Å². The summed E-state index contributed by atoms with van der Waals surface area (Å²) in [7, 11) is 0. The summed E-state index contributed by atoms with van der Waals surface area (Å²) in [6.45, 7) is 4.88. The summed E-state index contributed by atoms with van der Waals surface area (Å²) in [5.74, 6) is 3.44. The molecule has 0 bridgehead atoms. The van der Waals surface area contributed by atoms with Gasteiger partial charge < -0.3 is 0 Å². The van der Waals surface area contributed by atoms with Crippen LogP contribution in [-0.4, -0.2) is 5.78 Å². The number of benzene rings is 1. The number of halogens is 1. The second-order valence-corrected chi connectivity index (χ2v) is 11.0. The molecule has 0 heterocycles. The molecule has 1 aromatic rings. The summed E-state index contributed by atoms with van der Waals surface area (Å²) in [5.41, 5.74) is 2.40. The van der Waals surface area contributed by atoms with Gasteiger partial charge in [0.05, 0.1) is 0 Å². The van der Waals surface area contributed by atoms with E-state index >= 15 is 0 Å². The number of carbonyl (C=O) groups excluding carboxylic acids is 1. The molecule has 2 heteroatoms. The third kappa shape index (κ3) is 2.68. The van der Waals surface area contributed by atoms with Crippen molar-refractivity contribution >= 4 is 23.5 Å². The molecule has 1 aromatic carbocycles. The van der Waals surface area contributed by atoms with Gasteiger partial charge in [0.2, 0.25) is 0 Å². The molecular formula is C26H33ClO. The Labute approximate surface area is 174 Å². The van der Waals surface area contributed by atoms with Gasteiger partial charge in [0.1, 0.15) is 0 Å². The molecule has 0 unspecified atom stereocenters. The fraction of sp³-hybridized carbons (Fsp3) is 0.654. The van der Waals surface area contributed by atoms with Gasteiger partial charge in [0, 0.05) is 10.4 Å². The monoisotopic (exact) mass is 396 g/mol. The van der Waals surface area contributed by atoms with E-state index in [1.165, 1.54) is 44.9 Å². The van der Waals surface area contributed by atoms with E-state index in [2.05, 4.69) is 19.9 Å². The molecule has 4 fully saturated rings. The first-order valence-electron chi connectivity index (χ1n) is 11.4. The van der Waals surface area contributed by atoms with E-state index in [0.717, 1.165) is 46.8 Å². The van der Waals surface area contributed by atoms with Crippen molar-refractivity contribution in [3.63, 3.8) is 0 Å². The third-order valence-electron chi connectivity index (χ3n) is 9.46. The van der Waals surface area contributed by atoms with Gasteiger partial charge in [-0.25, -0.2) is 0 Å². The second-order valence-electron chi connectivity index (χ2n) is 10.6. The quantitative estimate of drug-likeness (QED) is 0.454. The summed E-state index contributed by atoms with van der Waals surface area (Å²) in [5, 5.41) is 0.746. The van der Waals surface area contributed by atoms with E-state index in [-0.39, 0.29) is 5.41 Å². The van der Waals surface area contributed by atoms with Crippen LogP contribution in [-0.2, 0) is 4.79 Å². The zero-order chi connectivity index (χ0) is 19.5. The van der Waals surface area contributed by atoms with Gasteiger partial charge in [-0.15, -0.1) is 0 Å². The fourth-order valence-corrected chi connectivity index (χ4v) is 8.06. The van der Waals surface area contributed by atoms with Crippen LogP contribution in [0.5, 0.6) is 0 Å². The number of Topliss-reactive ketones (excluding diaryl/α,β-unsaturated/α-hetero) is 1. The van der Waals surface area contributed by atoms with Crippen molar-refractivity contribution in [3.8, 4) is 0 Å². The van der Waals surface area contributed by atoms with Crippen LogP contribution in [0.3, 0.4) is 0 Å². The lowest BCUT2D eigenvalue weighted by Gasteiger charge is -2.59. The average molecular weight is 397 g/mol. The number of fused-ring (bicyclic) bond motifs is 5. The van der Waals surface area contributed by atoms with Gasteiger partial charge in [-0.1, -0.05) is 56.5 Å². The van der Waals surface area contributed by atoms with Crippen LogP contribution in [0.15, 0.2) is 29.8 Å². The third-order valence-corrected chi connectivity index (χ3v) is 9.80. The summed E-state index contributed by atoms with van der Waals surface area (Å²) in [6, 6.07) is 7.91. The lowest BCUT2D eigenvalue weighted by Crippen LogP contribution is -2.52. The molecule has 6 atom stereocenters. The molecule has 0 aliphatic heterocycles. The minimum atomic E-state index is -0.147. The molecule has 4 aliphatic carbocycles. The van der Waals surface area contributed by atoms with Gasteiger partial charge in [-0.3, -0.25) is 4.79 Å². The topological polar surface area (TPSA) is 17.1 Å². The maximum absolute atomic E-state index is 13.5. The van der Waals surface area contributed by atoms with Crippen molar-refractivity contribution in [2.75, 3.05) is 0 Å². The molecule has 0 saturated heterocycles. The average Bonchev–Trinajstić information content (AvgIpc) is 2.94. The first kappa shape index (κ1) is 18.9. The number of ketones is 1. The van der Waals surface area contributed by atoms with Crippen LogP contribution in [0, 0.1) is 34.5 Å². The van der Waals surface area contributed by atoms with Crippen LogP contribution in [0.2, 0.25) is 5.02 Å². The molecule has 0 N–H and O–H groups in total. The van der Waals surface area contributed by atoms with Crippen LogP contribution >= 0.6 is 11.6 Å². The molecule has 5 rings (SSSR count). The Morgan fingerprint density at radius 3 is 2.64 bits per heavy atom. The van der Waals surface area contributed by atoms with Crippen molar-refractivity contribution < 1.29 is 4.79 Å². The summed E-state index contributed by atoms with van der Waals surface area (Å²) >= 11 is 6.39. The van der Waals surface area contributed by atoms with E-state index in [1.807, 2.05) is 24.3 Å². The Morgan fingerprint density at radius 2 is 1.82 bits per heavy atom. The summed E-state index contributed by atoms with van der Waals surface area (Å²) in [4.78, 5) is 13.5. The molecule has 1 nitrogen and oxygen atoms in total. The Hall–Kier alpha value is -1.08. The fourth-order valence-electron chi connectivity index (χ4n) is 7.87. The first-order valence-corrected chi connectivity index (χ1v) is 11.8. The number of carbonyl (C=O) groups is 1. The van der Waals surface area contributed by atoms with Crippen molar-refractivity contribution in [1.82, 2.24) is 0 Å². The Bertz CT molecular complexity index is 825. The second kappa shape index (κ2) is 6.73. The maximum atomic E-state index is 13.5. The standard InChI is InChI=1S/C26H33ClO/c1-25-13-6-5-8-19(25)10-11-20-21(25)12-14-26(2)22(20)16-18(24(26)28)15-17-7-3-4-9-23(17)27/h3-4,7,9,15,19-22H,5-6,8,10-14,16H2,1-2H3/b18-15+/t19-,20+,21-,22-,25+,26-/m1/s1. The first-order chi connectivity index (χ1) is 13.4. The zero-order valence-electron chi connectivity index (χ0n) is 17.3. The van der Waals surface area contributed by atoms with Crippen LogP contribution in [0.4, 0.5) is 0 Å². The molecule has 4 aliphatic rings. The Morgan fingerprint density at radius 1 is 1.00 bits per heavy atom. The normalized spacial score (nSPS) is 44.1. The van der Waals surface area contributed by atoms with E-state index in [4.69, 9.17) is 11.6 Å². The lowest BCUT2D eigenvalue weighted by molar-refractivity contribution is -0.137. The molecule has 0 spiro atoms. The number of hydrogen-bond donors (Lipinski definition) is 0. The number of allylic oxidation sites excluding steroid dienone is 1. The van der Waals surface area contributed by atoms with Gasteiger partial charge in [-0.2, -0.15) is 0 Å². The highest BCUT2D eigenvalue weighted by Crippen LogP contribution is 2.66. The molecule has 0 amide bonds.